The molecule has 16 heavy (non-hydrogen) atoms. The summed E-state index contributed by atoms with van der Waals surface area (Å²) >= 11 is 0. The van der Waals surface area contributed by atoms with E-state index in [0.717, 1.165) is 12.1 Å². The molecule has 1 aliphatic rings. The smallest absolute Gasteiger partial charge is 0.0673 e. The van der Waals surface area contributed by atoms with Crippen LogP contribution >= 0.6 is 0 Å². The summed E-state index contributed by atoms with van der Waals surface area (Å²) in [6.07, 6.45) is 5.44. The third-order valence-electron chi connectivity index (χ3n) is 3.43. The third kappa shape index (κ3) is 2.42. The first-order chi connectivity index (χ1) is 7.74. The van der Waals surface area contributed by atoms with Crippen molar-refractivity contribution in [1.82, 2.24) is 9.88 Å². The molecule has 2 atom stereocenters. The van der Waals surface area contributed by atoms with Gasteiger partial charge in [0.05, 0.1) is 11.7 Å². The van der Waals surface area contributed by atoms with Crippen molar-refractivity contribution in [2.75, 3.05) is 7.05 Å². The summed E-state index contributed by atoms with van der Waals surface area (Å²) in [5.74, 6) is 0. The van der Waals surface area contributed by atoms with E-state index in [1.807, 2.05) is 18.3 Å². The van der Waals surface area contributed by atoms with E-state index in [2.05, 4.69) is 29.9 Å². The molecule has 0 bridgehead atoms. The van der Waals surface area contributed by atoms with Crippen LogP contribution < -0.4 is 5.73 Å². The molecule has 1 heterocycles. The van der Waals surface area contributed by atoms with Crippen molar-refractivity contribution in [3.8, 4) is 0 Å². The Morgan fingerprint density at radius 2 is 2.25 bits per heavy atom. The average molecular weight is 219 g/mol. The molecular formula is C13H21N3. The van der Waals surface area contributed by atoms with Gasteiger partial charge in [-0.1, -0.05) is 13.0 Å². The fraction of sp³-hybridized carbons (Fsp3) is 0.615. The second-order valence-electron chi connectivity index (χ2n) is 4.67. The quantitative estimate of drug-likeness (QED) is 0.823. The van der Waals surface area contributed by atoms with Crippen LogP contribution in [0.1, 0.15) is 37.9 Å². The lowest BCUT2D eigenvalue weighted by molar-refractivity contribution is 0.196. The Bertz CT molecular complexity index is 321. The van der Waals surface area contributed by atoms with Crippen molar-refractivity contribution in [2.24, 2.45) is 5.73 Å². The molecule has 2 rings (SSSR count). The molecule has 1 saturated carbocycles. The third-order valence-corrected chi connectivity index (χ3v) is 3.43. The van der Waals surface area contributed by atoms with E-state index in [4.69, 9.17) is 5.73 Å². The van der Waals surface area contributed by atoms with Gasteiger partial charge in [-0.25, -0.2) is 0 Å². The SMILES string of the molecule is CCC(N)C(c1ccccn1)N(C)C1CC1. The van der Waals surface area contributed by atoms with Crippen molar-refractivity contribution in [3.63, 3.8) is 0 Å². The maximum Gasteiger partial charge on any atom is 0.0673 e. The maximum atomic E-state index is 6.23. The van der Waals surface area contributed by atoms with Crippen LogP contribution in [-0.2, 0) is 0 Å². The highest BCUT2D eigenvalue weighted by Crippen LogP contribution is 2.33. The topological polar surface area (TPSA) is 42.1 Å². The minimum absolute atomic E-state index is 0.167. The van der Waals surface area contributed by atoms with E-state index in [1.165, 1.54) is 12.8 Å². The van der Waals surface area contributed by atoms with E-state index < -0.39 is 0 Å². The normalized spacial score (nSPS) is 19.8. The molecule has 2 N–H and O–H groups in total. The highest BCUT2D eigenvalue weighted by atomic mass is 15.2. The van der Waals surface area contributed by atoms with E-state index in [-0.39, 0.29) is 12.1 Å². The van der Waals surface area contributed by atoms with E-state index in [9.17, 15) is 0 Å². The molecule has 3 heteroatoms. The predicted molar refractivity (Wildman–Crippen MR) is 66.0 cm³/mol. The van der Waals surface area contributed by atoms with Crippen LogP contribution in [0.3, 0.4) is 0 Å². The van der Waals surface area contributed by atoms with Crippen LogP contribution in [-0.4, -0.2) is 29.0 Å². The molecule has 3 nitrogen and oxygen atoms in total. The summed E-state index contributed by atoms with van der Waals surface area (Å²) in [7, 11) is 2.17. The monoisotopic (exact) mass is 219 g/mol. The van der Waals surface area contributed by atoms with Gasteiger partial charge in [-0.05, 0) is 38.4 Å². The Hall–Kier alpha value is -0.930. The zero-order valence-electron chi connectivity index (χ0n) is 10.1. The van der Waals surface area contributed by atoms with Crippen LogP contribution in [0.15, 0.2) is 24.4 Å². The van der Waals surface area contributed by atoms with Gasteiger partial charge in [-0.3, -0.25) is 9.88 Å². The number of nitrogens with two attached hydrogens (primary N) is 1. The lowest BCUT2D eigenvalue weighted by atomic mass is 10.0. The minimum Gasteiger partial charge on any atom is -0.326 e. The number of hydrogen-bond donors (Lipinski definition) is 1. The van der Waals surface area contributed by atoms with Crippen molar-refractivity contribution in [2.45, 2.75) is 44.3 Å². The molecule has 0 aliphatic heterocycles. The van der Waals surface area contributed by atoms with Gasteiger partial charge in [0, 0.05) is 18.3 Å². The molecular weight excluding hydrogens is 198 g/mol. The standard InChI is InChI=1S/C13H21N3/c1-3-11(14)13(16(2)10-7-8-10)12-6-4-5-9-15-12/h4-6,9-11,13H,3,7-8,14H2,1-2H3. The summed E-state index contributed by atoms with van der Waals surface area (Å²) in [5, 5.41) is 0. The van der Waals surface area contributed by atoms with E-state index in [1.54, 1.807) is 0 Å². The van der Waals surface area contributed by atoms with Gasteiger partial charge in [0.15, 0.2) is 0 Å². The van der Waals surface area contributed by atoms with Gasteiger partial charge in [-0.15, -0.1) is 0 Å². The summed E-state index contributed by atoms with van der Waals surface area (Å²) in [6, 6.07) is 7.22. The van der Waals surface area contributed by atoms with Gasteiger partial charge in [-0.2, -0.15) is 0 Å². The molecule has 1 aliphatic carbocycles. The number of aromatic nitrogens is 1. The molecule has 2 unspecified atom stereocenters. The van der Waals surface area contributed by atoms with Crippen LogP contribution in [0.2, 0.25) is 0 Å². The highest BCUT2D eigenvalue weighted by Gasteiger charge is 2.34. The van der Waals surface area contributed by atoms with E-state index in [0.29, 0.717) is 6.04 Å². The van der Waals surface area contributed by atoms with Crippen LogP contribution in [0.25, 0.3) is 0 Å². The molecule has 88 valence electrons. The number of nitrogens with zero attached hydrogens (tertiary/aromatic N) is 2. The molecule has 1 fully saturated rings. The lowest BCUT2D eigenvalue weighted by Gasteiger charge is -2.31. The Morgan fingerprint density at radius 3 is 2.75 bits per heavy atom. The Balaban J connectivity index is 2.20. The van der Waals surface area contributed by atoms with Gasteiger partial charge in [0.25, 0.3) is 0 Å². The zero-order valence-corrected chi connectivity index (χ0v) is 10.1. The first kappa shape index (κ1) is 11.6. The number of rotatable bonds is 5. The molecule has 1 aromatic rings. The fourth-order valence-corrected chi connectivity index (χ4v) is 2.21. The first-order valence-electron chi connectivity index (χ1n) is 6.12. The maximum absolute atomic E-state index is 6.23. The van der Waals surface area contributed by atoms with Gasteiger partial charge < -0.3 is 5.73 Å². The van der Waals surface area contributed by atoms with Crippen molar-refractivity contribution < 1.29 is 0 Å². The number of hydrogen-bond acceptors (Lipinski definition) is 3. The van der Waals surface area contributed by atoms with Crippen molar-refractivity contribution >= 4 is 0 Å². The first-order valence-corrected chi connectivity index (χ1v) is 6.12. The lowest BCUT2D eigenvalue weighted by Crippen LogP contribution is -2.40. The fourth-order valence-electron chi connectivity index (χ4n) is 2.21. The summed E-state index contributed by atoms with van der Waals surface area (Å²) in [6.45, 7) is 2.14. The predicted octanol–water partition coefficient (Wildman–Crippen LogP) is 1.95. The van der Waals surface area contributed by atoms with Crippen molar-refractivity contribution in [3.05, 3.63) is 30.1 Å². The van der Waals surface area contributed by atoms with Gasteiger partial charge in [0.2, 0.25) is 0 Å². The zero-order chi connectivity index (χ0) is 11.5. The highest BCUT2D eigenvalue weighted by molar-refractivity contribution is 5.12. The molecule has 0 saturated heterocycles. The second-order valence-corrected chi connectivity index (χ2v) is 4.67. The largest absolute Gasteiger partial charge is 0.326 e. The van der Waals surface area contributed by atoms with Gasteiger partial charge in [0.1, 0.15) is 0 Å². The average Bonchev–Trinajstić information content (AvgIpc) is 3.14. The Morgan fingerprint density at radius 1 is 1.50 bits per heavy atom. The van der Waals surface area contributed by atoms with E-state index >= 15 is 0 Å². The molecule has 1 aromatic heterocycles. The molecule has 0 amide bonds. The van der Waals surface area contributed by atoms with Crippen LogP contribution in [0, 0.1) is 0 Å². The summed E-state index contributed by atoms with van der Waals surface area (Å²) in [5.41, 5.74) is 7.34. The second kappa shape index (κ2) is 4.93. The Kier molecular flexibility index (Phi) is 3.56. The van der Waals surface area contributed by atoms with Crippen LogP contribution in [0.4, 0.5) is 0 Å². The van der Waals surface area contributed by atoms with Gasteiger partial charge >= 0.3 is 0 Å². The minimum atomic E-state index is 0.167. The summed E-state index contributed by atoms with van der Waals surface area (Å²) < 4.78 is 0. The number of likely N-dealkylation sites (N-methyl/N-ethyl adjacent to an activating group) is 1. The number of pyridine rings is 1. The summed E-state index contributed by atoms with van der Waals surface area (Å²) in [4.78, 5) is 6.86. The van der Waals surface area contributed by atoms with Crippen molar-refractivity contribution in [1.29, 1.82) is 0 Å². The Labute approximate surface area is 97.7 Å². The molecule has 0 aromatic carbocycles. The molecule has 0 spiro atoms. The molecule has 0 radical (unpaired) electrons. The van der Waals surface area contributed by atoms with Crippen LogP contribution in [0.5, 0.6) is 0 Å².